The Hall–Kier alpha value is -3.39. The van der Waals surface area contributed by atoms with Gasteiger partial charge in [0.1, 0.15) is 19.0 Å². The first kappa shape index (κ1) is 20.5. The zero-order valence-corrected chi connectivity index (χ0v) is 19.2. The highest BCUT2D eigenvalue weighted by Gasteiger charge is 2.19. The fraction of sp³-hybridized carbons (Fsp3) is 0.292. The Bertz CT molecular complexity index is 1330. The Morgan fingerprint density at radius 2 is 1.84 bits per heavy atom. The minimum absolute atomic E-state index is 0.0589. The fourth-order valence-electron chi connectivity index (χ4n) is 3.58. The molecule has 3 heterocycles. The third kappa shape index (κ3) is 3.82. The number of rotatable bonds is 3. The summed E-state index contributed by atoms with van der Waals surface area (Å²) in [7, 11) is 0. The summed E-state index contributed by atoms with van der Waals surface area (Å²) in [6, 6.07) is 13.4. The van der Waals surface area contributed by atoms with E-state index in [-0.39, 0.29) is 11.3 Å². The number of hydrogen-bond donors (Lipinski definition) is 1. The van der Waals surface area contributed by atoms with E-state index in [0.717, 1.165) is 15.9 Å². The zero-order valence-electron chi connectivity index (χ0n) is 18.4. The van der Waals surface area contributed by atoms with Crippen molar-refractivity contribution in [2.24, 2.45) is 0 Å². The van der Waals surface area contributed by atoms with Gasteiger partial charge < -0.3 is 14.8 Å². The van der Waals surface area contributed by atoms with E-state index in [4.69, 9.17) is 14.5 Å². The molecule has 0 saturated carbocycles. The number of carbonyl (C=O) groups is 1. The number of aromatic nitrogens is 3. The fourth-order valence-corrected chi connectivity index (χ4v) is 4.55. The third-order valence-electron chi connectivity index (χ3n) is 5.30. The zero-order chi connectivity index (χ0) is 22.5. The van der Waals surface area contributed by atoms with Crippen molar-refractivity contribution in [2.75, 3.05) is 18.5 Å². The highest BCUT2D eigenvalue weighted by atomic mass is 32.1. The number of amides is 1. The highest BCUT2D eigenvalue weighted by molar-refractivity contribution is 7.20. The molecule has 7 nitrogen and oxygen atoms in total. The summed E-state index contributed by atoms with van der Waals surface area (Å²) < 4.78 is 13.9. The molecule has 1 N–H and O–H groups in total. The van der Waals surface area contributed by atoms with E-state index < -0.39 is 0 Å². The van der Waals surface area contributed by atoms with Gasteiger partial charge in [0.2, 0.25) is 5.13 Å². The summed E-state index contributed by atoms with van der Waals surface area (Å²) in [5, 5.41) is 8.24. The second-order valence-corrected chi connectivity index (χ2v) is 9.83. The topological polar surface area (TPSA) is 78.3 Å². The van der Waals surface area contributed by atoms with Crippen LogP contribution in [0.3, 0.4) is 0 Å². The summed E-state index contributed by atoms with van der Waals surface area (Å²) >= 11 is 1.55. The van der Waals surface area contributed by atoms with Crippen LogP contribution in [-0.2, 0) is 5.41 Å². The molecule has 0 aliphatic carbocycles. The van der Waals surface area contributed by atoms with Gasteiger partial charge >= 0.3 is 0 Å². The molecule has 0 saturated heterocycles. The molecule has 0 bridgehead atoms. The van der Waals surface area contributed by atoms with Gasteiger partial charge in [0.15, 0.2) is 11.5 Å². The Morgan fingerprint density at radius 3 is 2.62 bits per heavy atom. The number of thiazole rings is 1. The predicted octanol–water partition coefficient (Wildman–Crippen LogP) is 5.11. The van der Waals surface area contributed by atoms with E-state index in [1.165, 1.54) is 5.56 Å². The third-order valence-corrected chi connectivity index (χ3v) is 6.30. The van der Waals surface area contributed by atoms with Crippen LogP contribution in [0, 0.1) is 6.92 Å². The molecule has 0 fully saturated rings. The SMILES string of the molecule is Cc1cc(NC(=O)c2ccc3c(c2)OCCO3)n(-c2nc3ccc(C(C)(C)C)cc3s2)n1. The second-order valence-electron chi connectivity index (χ2n) is 8.82. The van der Waals surface area contributed by atoms with Crippen LogP contribution in [0.5, 0.6) is 11.5 Å². The number of anilines is 1. The first-order valence-electron chi connectivity index (χ1n) is 10.5. The number of aryl methyl sites for hydroxylation is 1. The molecular formula is C24H24N4O3S. The van der Waals surface area contributed by atoms with Gasteiger partial charge in [-0.05, 0) is 48.2 Å². The molecule has 2 aromatic carbocycles. The maximum Gasteiger partial charge on any atom is 0.256 e. The lowest BCUT2D eigenvalue weighted by Crippen LogP contribution is -2.18. The number of ether oxygens (including phenoxy) is 2. The van der Waals surface area contributed by atoms with Crippen LogP contribution in [0.4, 0.5) is 5.82 Å². The molecule has 0 spiro atoms. The quantitative estimate of drug-likeness (QED) is 0.471. The molecule has 0 atom stereocenters. The summed E-state index contributed by atoms with van der Waals surface area (Å²) in [4.78, 5) is 17.7. The van der Waals surface area contributed by atoms with Crippen molar-refractivity contribution in [3.63, 3.8) is 0 Å². The molecule has 32 heavy (non-hydrogen) atoms. The van der Waals surface area contributed by atoms with E-state index in [0.29, 0.717) is 41.2 Å². The van der Waals surface area contributed by atoms with E-state index in [2.05, 4.69) is 43.3 Å². The first-order valence-corrected chi connectivity index (χ1v) is 11.3. The Morgan fingerprint density at radius 1 is 1.06 bits per heavy atom. The maximum absolute atomic E-state index is 13.0. The van der Waals surface area contributed by atoms with Gasteiger partial charge in [-0.25, -0.2) is 4.98 Å². The second kappa shape index (κ2) is 7.63. The molecule has 1 aliphatic rings. The van der Waals surface area contributed by atoms with Crippen LogP contribution in [-0.4, -0.2) is 33.9 Å². The van der Waals surface area contributed by atoms with E-state index in [1.54, 1.807) is 34.2 Å². The minimum Gasteiger partial charge on any atom is -0.486 e. The van der Waals surface area contributed by atoms with E-state index in [1.807, 2.05) is 19.1 Å². The number of hydrogen-bond acceptors (Lipinski definition) is 6. The van der Waals surface area contributed by atoms with Crippen molar-refractivity contribution in [1.82, 2.24) is 14.8 Å². The van der Waals surface area contributed by atoms with Crippen LogP contribution in [0.1, 0.15) is 42.4 Å². The van der Waals surface area contributed by atoms with Gasteiger partial charge in [-0.3, -0.25) is 4.79 Å². The molecule has 0 radical (unpaired) electrons. The molecule has 0 unspecified atom stereocenters. The summed E-state index contributed by atoms with van der Waals surface area (Å²) in [5.41, 5.74) is 3.50. The lowest BCUT2D eigenvalue weighted by molar-refractivity contribution is 0.102. The van der Waals surface area contributed by atoms with Gasteiger partial charge in [-0.2, -0.15) is 9.78 Å². The lowest BCUT2D eigenvalue weighted by Gasteiger charge is -2.18. The first-order chi connectivity index (χ1) is 15.3. The average Bonchev–Trinajstić information content (AvgIpc) is 3.35. The van der Waals surface area contributed by atoms with Crippen molar-refractivity contribution in [1.29, 1.82) is 0 Å². The summed E-state index contributed by atoms with van der Waals surface area (Å²) in [6.07, 6.45) is 0. The number of carbonyl (C=O) groups excluding carboxylic acids is 1. The van der Waals surface area contributed by atoms with Gasteiger partial charge in [0.25, 0.3) is 5.91 Å². The Balaban J connectivity index is 1.46. The van der Waals surface area contributed by atoms with Gasteiger partial charge in [-0.15, -0.1) is 0 Å². The van der Waals surface area contributed by atoms with Crippen molar-refractivity contribution in [3.05, 3.63) is 59.3 Å². The van der Waals surface area contributed by atoms with E-state index in [9.17, 15) is 4.79 Å². The number of nitrogens with zero attached hydrogens (tertiary/aromatic N) is 3. The molecule has 1 aliphatic heterocycles. The summed E-state index contributed by atoms with van der Waals surface area (Å²) in [6.45, 7) is 9.45. The predicted molar refractivity (Wildman–Crippen MR) is 126 cm³/mol. The molecule has 1 amide bonds. The smallest absolute Gasteiger partial charge is 0.256 e. The van der Waals surface area contributed by atoms with Crippen LogP contribution in [0.2, 0.25) is 0 Å². The van der Waals surface area contributed by atoms with Crippen LogP contribution in [0.15, 0.2) is 42.5 Å². The van der Waals surface area contributed by atoms with Crippen molar-refractivity contribution in [3.8, 4) is 16.6 Å². The molecule has 4 aromatic rings. The normalized spacial score (nSPS) is 13.4. The Labute approximate surface area is 190 Å². The maximum atomic E-state index is 13.0. The number of nitrogens with one attached hydrogen (secondary N) is 1. The van der Waals surface area contributed by atoms with Gasteiger partial charge in [0.05, 0.1) is 15.9 Å². The molecular weight excluding hydrogens is 424 g/mol. The van der Waals surface area contributed by atoms with Crippen LogP contribution < -0.4 is 14.8 Å². The molecule has 8 heteroatoms. The lowest BCUT2D eigenvalue weighted by atomic mass is 9.87. The van der Waals surface area contributed by atoms with Crippen molar-refractivity contribution < 1.29 is 14.3 Å². The van der Waals surface area contributed by atoms with Crippen LogP contribution >= 0.6 is 11.3 Å². The molecule has 5 rings (SSSR count). The highest BCUT2D eigenvalue weighted by Crippen LogP contribution is 2.33. The monoisotopic (exact) mass is 448 g/mol. The summed E-state index contributed by atoms with van der Waals surface area (Å²) in [5.74, 6) is 1.55. The van der Waals surface area contributed by atoms with Crippen LogP contribution in [0.25, 0.3) is 15.3 Å². The van der Waals surface area contributed by atoms with Crippen molar-refractivity contribution in [2.45, 2.75) is 33.1 Å². The number of benzene rings is 2. The Kier molecular flexibility index (Phi) is 4.89. The molecule has 2 aromatic heterocycles. The number of fused-ring (bicyclic) bond motifs is 2. The van der Waals surface area contributed by atoms with Gasteiger partial charge in [-0.1, -0.05) is 38.2 Å². The van der Waals surface area contributed by atoms with Crippen molar-refractivity contribution >= 4 is 33.3 Å². The van der Waals surface area contributed by atoms with Gasteiger partial charge in [0, 0.05) is 11.6 Å². The largest absolute Gasteiger partial charge is 0.486 e. The van der Waals surface area contributed by atoms with E-state index >= 15 is 0 Å². The standard InChI is InChI=1S/C24H24N4O3S/c1-14-11-21(26-22(29)15-5-8-18-19(12-15)31-10-9-30-18)28(27-14)23-25-17-7-6-16(24(2,3)4)13-20(17)32-23/h5-8,11-13H,9-10H2,1-4H3,(H,26,29). The minimum atomic E-state index is -0.251. The average molecular weight is 449 g/mol. The molecule has 164 valence electrons.